The van der Waals surface area contributed by atoms with Crippen molar-refractivity contribution < 1.29 is 4.74 Å². The minimum Gasteiger partial charge on any atom is -0.373 e. The first-order chi connectivity index (χ1) is 8.59. The van der Waals surface area contributed by atoms with Crippen molar-refractivity contribution >= 4 is 0 Å². The molecule has 1 aliphatic rings. The molecule has 2 rings (SSSR count). The van der Waals surface area contributed by atoms with Gasteiger partial charge in [0.1, 0.15) is 0 Å². The number of hydrogen-bond donors (Lipinski definition) is 1. The lowest BCUT2D eigenvalue weighted by atomic mass is 10.0. The van der Waals surface area contributed by atoms with Gasteiger partial charge in [-0.3, -0.25) is 0 Å². The number of tetrazole rings is 1. The quantitative estimate of drug-likeness (QED) is 0.819. The van der Waals surface area contributed by atoms with Crippen LogP contribution in [0.2, 0.25) is 0 Å². The van der Waals surface area contributed by atoms with Crippen LogP contribution in [0, 0.1) is 5.92 Å². The number of aromatic nitrogens is 4. The molecule has 1 aromatic heterocycles. The second-order valence-corrected chi connectivity index (χ2v) is 5.68. The first kappa shape index (κ1) is 13.4. The van der Waals surface area contributed by atoms with Gasteiger partial charge >= 0.3 is 0 Å². The van der Waals surface area contributed by atoms with Crippen molar-refractivity contribution in [3.05, 3.63) is 5.82 Å². The van der Waals surface area contributed by atoms with Crippen molar-refractivity contribution in [1.29, 1.82) is 0 Å². The monoisotopic (exact) mass is 253 g/mol. The minimum atomic E-state index is -0.109. The van der Waals surface area contributed by atoms with E-state index < -0.39 is 0 Å². The Morgan fingerprint density at radius 1 is 1.50 bits per heavy atom. The first-order valence-corrected chi connectivity index (χ1v) is 6.69. The molecule has 0 amide bonds. The summed E-state index contributed by atoms with van der Waals surface area (Å²) in [6.07, 6.45) is 2.20. The Morgan fingerprint density at radius 3 is 3.00 bits per heavy atom. The molecule has 0 aliphatic carbocycles. The summed E-state index contributed by atoms with van der Waals surface area (Å²) in [7, 11) is 0. The van der Waals surface area contributed by atoms with Crippen molar-refractivity contribution in [2.24, 2.45) is 5.92 Å². The maximum absolute atomic E-state index is 5.77. The van der Waals surface area contributed by atoms with Crippen LogP contribution >= 0.6 is 0 Å². The van der Waals surface area contributed by atoms with Crippen LogP contribution in [0.1, 0.15) is 39.4 Å². The molecule has 2 heterocycles. The van der Waals surface area contributed by atoms with Gasteiger partial charge in [0.25, 0.3) is 0 Å². The maximum Gasteiger partial charge on any atom is 0.165 e. The van der Waals surface area contributed by atoms with E-state index in [-0.39, 0.29) is 5.60 Å². The second-order valence-electron chi connectivity index (χ2n) is 5.68. The fourth-order valence-electron chi connectivity index (χ4n) is 2.22. The van der Waals surface area contributed by atoms with Crippen LogP contribution in [0.5, 0.6) is 0 Å². The van der Waals surface area contributed by atoms with Gasteiger partial charge in [0, 0.05) is 6.61 Å². The van der Waals surface area contributed by atoms with Crippen LogP contribution in [0.15, 0.2) is 0 Å². The van der Waals surface area contributed by atoms with E-state index in [9.17, 15) is 0 Å². The van der Waals surface area contributed by atoms with Crippen LogP contribution in [-0.4, -0.2) is 39.0 Å². The molecule has 102 valence electrons. The van der Waals surface area contributed by atoms with Gasteiger partial charge in [0.05, 0.1) is 18.7 Å². The number of nitrogens with zero attached hydrogens (tertiary/aromatic N) is 4. The lowest BCUT2D eigenvalue weighted by molar-refractivity contribution is 0.00244. The molecule has 1 N–H and O–H groups in total. The van der Waals surface area contributed by atoms with E-state index in [2.05, 4.69) is 41.6 Å². The summed E-state index contributed by atoms with van der Waals surface area (Å²) in [5.74, 6) is 1.51. The SMILES string of the molecule is CC(C)CNCc1nnnn1CC1(C)CCCO1. The number of ether oxygens (including phenoxy) is 1. The molecular formula is C12H23N5O. The lowest BCUT2D eigenvalue weighted by Crippen LogP contribution is -2.32. The third-order valence-electron chi connectivity index (χ3n) is 3.23. The summed E-state index contributed by atoms with van der Waals surface area (Å²) in [6.45, 7) is 9.76. The smallest absolute Gasteiger partial charge is 0.165 e. The van der Waals surface area contributed by atoms with Gasteiger partial charge in [-0.2, -0.15) is 0 Å². The zero-order valence-electron chi connectivity index (χ0n) is 11.5. The van der Waals surface area contributed by atoms with E-state index in [1.165, 1.54) is 0 Å². The molecule has 1 fully saturated rings. The molecule has 1 aromatic rings. The fourth-order valence-corrected chi connectivity index (χ4v) is 2.22. The highest BCUT2D eigenvalue weighted by molar-refractivity contribution is 4.86. The van der Waals surface area contributed by atoms with Crippen LogP contribution in [0.4, 0.5) is 0 Å². The molecule has 0 saturated carbocycles. The van der Waals surface area contributed by atoms with Crippen LogP contribution in [0.25, 0.3) is 0 Å². The lowest BCUT2D eigenvalue weighted by Gasteiger charge is -2.23. The van der Waals surface area contributed by atoms with Crippen molar-refractivity contribution in [3.63, 3.8) is 0 Å². The standard InChI is InChI=1S/C12H23N5O/c1-10(2)7-13-8-11-14-15-16-17(11)9-12(3)5-4-6-18-12/h10,13H,4-9H2,1-3H3. The Hall–Kier alpha value is -1.01. The highest BCUT2D eigenvalue weighted by Gasteiger charge is 2.31. The molecule has 1 aliphatic heterocycles. The van der Waals surface area contributed by atoms with Gasteiger partial charge < -0.3 is 10.1 Å². The Labute approximate surface area is 108 Å². The van der Waals surface area contributed by atoms with Crippen molar-refractivity contribution in [1.82, 2.24) is 25.5 Å². The first-order valence-electron chi connectivity index (χ1n) is 6.69. The maximum atomic E-state index is 5.77. The zero-order chi connectivity index (χ0) is 13.0. The Morgan fingerprint density at radius 2 is 2.33 bits per heavy atom. The topological polar surface area (TPSA) is 64.9 Å². The third kappa shape index (κ3) is 3.49. The summed E-state index contributed by atoms with van der Waals surface area (Å²) in [6, 6.07) is 0. The number of rotatable bonds is 6. The molecule has 18 heavy (non-hydrogen) atoms. The van der Waals surface area contributed by atoms with E-state index >= 15 is 0 Å². The highest BCUT2D eigenvalue weighted by atomic mass is 16.5. The fraction of sp³-hybridized carbons (Fsp3) is 0.917. The van der Waals surface area contributed by atoms with Crippen molar-refractivity contribution in [3.8, 4) is 0 Å². The number of nitrogens with one attached hydrogen (secondary N) is 1. The summed E-state index contributed by atoms with van der Waals surface area (Å²) < 4.78 is 7.63. The molecule has 6 heteroatoms. The van der Waals surface area contributed by atoms with Gasteiger partial charge in [0.2, 0.25) is 0 Å². The van der Waals surface area contributed by atoms with E-state index in [4.69, 9.17) is 4.74 Å². The van der Waals surface area contributed by atoms with E-state index in [0.717, 1.165) is 38.4 Å². The number of hydrogen-bond acceptors (Lipinski definition) is 5. The van der Waals surface area contributed by atoms with Crippen LogP contribution < -0.4 is 5.32 Å². The molecule has 6 nitrogen and oxygen atoms in total. The summed E-state index contributed by atoms with van der Waals surface area (Å²) in [5, 5.41) is 15.2. The minimum absolute atomic E-state index is 0.109. The van der Waals surface area contributed by atoms with Crippen molar-refractivity contribution in [2.45, 2.75) is 52.3 Å². The van der Waals surface area contributed by atoms with Gasteiger partial charge in [0.15, 0.2) is 5.82 Å². The summed E-state index contributed by atoms with van der Waals surface area (Å²) in [4.78, 5) is 0. The van der Waals surface area contributed by atoms with Crippen molar-refractivity contribution in [2.75, 3.05) is 13.2 Å². The Bertz CT molecular complexity index is 370. The third-order valence-corrected chi connectivity index (χ3v) is 3.23. The normalized spacial score (nSPS) is 24.0. The average molecular weight is 253 g/mol. The summed E-state index contributed by atoms with van der Waals surface area (Å²) in [5.41, 5.74) is -0.109. The highest BCUT2D eigenvalue weighted by Crippen LogP contribution is 2.26. The van der Waals surface area contributed by atoms with E-state index in [1.54, 1.807) is 0 Å². The molecule has 1 saturated heterocycles. The van der Waals surface area contributed by atoms with Gasteiger partial charge in [-0.25, -0.2) is 4.68 Å². The second kappa shape index (κ2) is 5.75. The van der Waals surface area contributed by atoms with Gasteiger partial charge in [-0.15, -0.1) is 5.10 Å². The van der Waals surface area contributed by atoms with E-state index in [0.29, 0.717) is 12.5 Å². The molecule has 0 radical (unpaired) electrons. The van der Waals surface area contributed by atoms with Gasteiger partial charge in [-0.05, 0) is 42.7 Å². The predicted molar refractivity (Wildman–Crippen MR) is 68.0 cm³/mol. The molecular weight excluding hydrogens is 230 g/mol. The Balaban J connectivity index is 1.90. The summed E-state index contributed by atoms with van der Waals surface area (Å²) >= 11 is 0. The molecule has 1 atom stereocenters. The predicted octanol–water partition coefficient (Wildman–Crippen LogP) is 0.988. The van der Waals surface area contributed by atoms with E-state index in [1.807, 2.05) is 4.68 Å². The average Bonchev–Trinajstić information content (AvgIpc) is 2.89. The zero-order valence-corrected chi connectivity index (χ0v) is 11.5. The van der Waals surface area contributed by atoms with Crippen LogP contribution in [0.3, 0.4) is 0 Å². The van der Waals surface area contributed by atoms with Crippen LogP contribution in [-0.2, 0) is 17.8 Å². The molecule has 0 spiro atoms. The largest absolute Gasteiger partial charge is 0.373 e. The molecule has 0 bridgehead atoms. The molecule has 0 aromatic carbocycles. The Kier molecular flexibility index (Phi) is 4.29. The van der Waals surface area contributed by atoms with Gasteiger partial charge in [-0.1, -0.05) is 13.8 Å². The molecule has 1 unspecified atom stereocenters.